The molecule has 0 aliphatic carbocycles. The van der Waals surface area contributed by atoms with Gasteiger partial charge in [0.15, 0.2) is 23.6 Å². The lowest BCUT2D eigenvalue weighted by atomic mass is 10.1. The van der Waals surface area contributed by atoms with E-state index in [1.54, 1.807) is 18.2 Å². The molecule has 3 rings (SSSR count). The summed E-state index contributed by atoms with van der Waals surface area (Å²) in [7, 11) is 2.74. The summed E-state index contributed by atoms with van der Waals surface area (Å²) in [5.74, 6) is -0.146. The topological polar surface area (TPSA) is 85.9 Å². The highest BCUT2D eigenvalue weighted by Gasteiger charge is 2.27. The molecule has 1 saturated heterocycles. The number of carbonyl (C=O) groups excluding carboxylic acids is 2. The Morgan fingerprint density at radius 3 is 2.65 bits per heavy atom. The van der Waals surface area contributed by atoms with Crippen LogP contribution in [0.5, 0.6) is 11.5 Å². The molecule has 2 aromatic rings. The van der Waals surface area contributed by atoms with Gasteiger partial charge in [0, 0.05) is 5.69 Å². The zero-order valence-corrected chi connectivity index (χ0v) is 18.9. The molecular formula is C22H23ClN2O5S. The molecule has 0 bridgehead atoms. The van der Waals surface area contributed by atoms with Gasteiger partial charge in [0.1, 0.15) is 0 Å². The van der Waals surface area contributed by atoms with Gasteiger partial charge in [-0.05, 0) is 47.9 Å². The van der Waals surface area contributed by atoms with Crippen LogP contribution < -0.4 is 20.1 Å². The fraction of sp³-hybridized carbons (Fsp3) is 0.273. The highest BCUT2D eigenvalue weighted by atomic mass is 35.5. The van der Waals surface area contributed by atoms with Gasteiger partial charge in [0.2, 0.25) is 0 Å². The lowest BCUT2D eigenvalue weighted by Crippen LogP contribution is -2.30. The summed E-state index contributed by atoms with van der Waals surface area (Å²) in [4.78, 5) is 24.3. The Bertz CT molecular complexity index is 994. The number of rotatable bonds is 8. The number of esters is 1. The summed E-state index contributed by atoms with van der Waals surface area (Å²) in [5.41, 5.74) is 2.55. The van der Waals surface area contributed by atoms with Crippen LogP contribution >= 0.6 is 23.4 Å². The molecule has 0 unspecified atom stereocenters. The minimum absolute atomic E-state index is 0.186. The number of ether oxygens (including phenoxy) is 3. The molecule has 0 radical (unpaired) electrons. The van der Waals surface area contributed by atoms with Crippen LogP contribution in [0.1, 0.15) is 18.1 Å². The second-order valence-electron chi connectivity index (χ2n) is 6.57. The predicted molar refractivity (Wildman–Crippen MR) is 122 cm³/mol. The lowest BCUT2D eigenvalue weighted by molar-refractivity contribution is -0.142. The molecule has 1 heterocycles. The van der Waals surface area contributed by atoms with Crippen molar-refractivity contribution in [2.45, 2.75) is 18.8 Å². The zero-order valence-electron chi connectivity index (χ0n) is 17.4. The fourth-order valence-corrected chi connectivity index (χ4v) is 4.12. The molecule has 164 valence electrons. The monoisotopic (exact) mass is 462 g/mol. The van der Waals surface area contributed by atoms with Gasteiger partial charge in [-0.15, -0.1) is 0 Å². The number of methoxy groups -OCH3 is 2. The Morgan fingerprint density at radius 2 is 2.00 bits per heavy atom. The second-order valence-corrected chi connectivity index (χ2v) is 8.13. The highest BCUT2D eigenvalue weighted by molar-refractivity contribution is 8.05. The number of hydrogen-bond donors (Lipinski definition) is 2. The largest absolute Gasteiger partial charge is 0.493 e. The molecule has 2 aromatic carbocycles. The van der Waals surface area contributed by atoms with Crippen molar-refractivity contribution in [1.29, 1.82) is 0 Å². The van der Waals surface area contributed by atoms with Gasteiger partial charge < -0.3 is 24.8 Å². The van der Waals surface area contributed by atoms with E-state index in [0.29, 0.717) is 16.2 Å². The van der Waals surface area contributed by atoms with Gasteiger partial charge in [0.05, 0.1) is 24.1 Å². The molecule has 1 aliphatic heterocycles. The van der Waals surface area contributed by atoms with Crippen LogP contribution in [0.25, 0.3) is 6.08 Å². The van der Waals surface area contributed by atoms with E-state index in [1.807, 2.05) is 12.1 Å². The first-order valence-corrected chi connectivity index (χ1v) is 10.8. The zero-order chi connectivity index (χ0) is 22.4. The van der Waals surface area contributed by atoms with Gasteiger partial charge in [-0.3, -0.25) is 4.79 Å². The summed E-state index contributed by atoms with van der Waals surface area (Å²) in [6.45, 7) is 1.81. The maximum absolute atomic E-state index is 12.4. The molecule has 7 nitrogen and oxygen atoms in total. The summed E-state index contributed by atoms with van der Waals surface area (Å²) >= 11 is 7.69. The van der Waals surface area contributed by atoms with Gasteiger partial charge in [-0.2, -0.15) is 0 Å². The van der Waals surface area contributed by atoms with Gasteiger partial charge in [-0.25, -0.2) is 4.79 Å². The van der Waals surface area contributed by atoms with Crippen LogP contribution in [-0.2, 0) is 20.7 Å². The van der Waals surface area contributed by atoms with Crippen molar-refractivity contribution in [3.05, 3.63) is 57.5 Å². The molecule has 1 aliphatic rings. The van der Waals surface area contributed by atoms with E-state index in [4.69, 9.17) is 21.1 Å². The molecular weight excluding hydrogens is 440 g/mol. The quantitative estimate of drug-likeness (QED) is 0.452. The predicted octanol–water partition coefficient (Wildman–Crippen LogP) is 4.06. The molecule has 2 N–H and O–H groups in total. The molecule has 31 heavy (non-hydrogen) atoms. The van der Waals surface area contributed by atoms with Crippen molar-refractivity contribution in [2.24, 2.45) is 0 Å². The van der Waals surface area contributed by atoms with Crippen molar-refractivity contribution in [1.82, 2.24) is 5.32 Å². The van der Waals surface area contributed by atoms with Crippen molar-refractivity contribution in [3.63, 3.8) is 0 Å². The molecule has 1 fully saturated rings. The van der Waals surface area contributed by atoms with E-state index in [1.165, 1.54) is 31.5 Å². The standard InChI is InChI=1S/C22H23ClN2O5S/c1-4-13-5-7-15(8-6-13)24-22-25-21(27)18(31-22)11-14-9-16(23)20(17(10-14)28-2)30-12-19(26)29-3/h5-11,22,24H,4,12H2,1-3H3,(H,25,27)/b18-11-/t22-/m1/s1. The maximum Gasteiger partial charge on any atom is 0.343 e. The van der Waals surface area contributed by atoms with Gasteiger partial charge in [-0.1, -0.05) is 42.4 Å². The minimum atomic E-state index is -0.536. The Hall–Kier alpha value is -2.84. The third-order valence-corrected chi connectivity index (χ3v) is 5.81. The third-order valence-electron chi connectivity index (χ3n) is 4.50. The van der Waals surface area contributed by atoms with Crippen molar-refractivity contribution < 1.29 is 23.8 Å². The first kappa shape index (κ1) is 22.8. The van der Waals surface area contributed by atoms with E-state index in [-0.39, 0.29) is 28.8 Å². The minimum Gasteiger partial charge on any atom is -0.493 e. The molecule has 0 aromatic heterocycles. The van der Waals surface area contributed by atoms with E-state index in [0.717, 1.165) is 12.1 Å². The molecule has 0 spiro atoms. The Kier molecular flexibility index (Phi) is 7.70. The number of benzene rings is 2. The van der Waals surface area contributed by atoms with E-state index >= 15 is 0 Å². The number of carbonyl (C=O) groups is 2. The molecule has 1 atom stereocenters. The van der Waals surface area contributed by atoms with E-state index in [2.05, 4.69) is 34.4 Å². The SMILES string of the molecule is CCc1ccc(N[C@@H]2NC(=O)/C(=C/c3cc(Cl)c(OCC(=O)OC)c(OC)c3)S2)cc1. The number of nitrogens with one attached hydrogen (secondary N) is 2. The van der Waals surface area contributed by atoms with Crippen LogP contribution in [0.2, 0.25) is 5.02 Å². The summed E-state index contributed by atoms with van der Waals surface area (Å²) in [5, 5.41) is 6.44. The lowest BCUT2D eigenvalue weighted by Gasteiger charge is -2.13. The average Bonchev–Trinajstić information content (AvgIpc) is 3.11. The summed E-state index contributed by atoms with van der Waals surface area (Å²) in [6, 6.07) is 11.4. The number of amides is 1. The van der Waals surface area contributed by atoms with E-state index < -0.39 is 5.97 Å². The fourth-order valence-electron chi connectivity index (χ4n) is 2.86. The van der Waals surface area contributed by atoms with E-state index in [9.17, 15) is 9.59 Å². The first-order chi connectivity index (χ1) is 14.9. The second kappa shape index (κ2) is 10.5. The molecule has 0 saturated carbocycles. The number of hydrogen-bond acceptors (Lipinski definition) is 7. The summed E-state index contributed by atoms with van der Waals surface area (Å²) in [6.07, 6.45) is 2.70. The van der Waals surface area contributed by atoms with Gasteiger partial charge >= 0.3 is 5.97 Å². The van der Waals surface area contributed by atoms with Crippen LogP contribution in [0, 0.1) is 0 Å². The van der Waals surface area contributed by atoms with Crippen molar-refractivity contribution in [2.75, 3.05) is 26.1 Å². The van der Waals surface area contributed by atoms with Crippen molar-refractivity contribution >= 4 is 47.0 Å². The average molecular weight is 463 g/mol. The third kappa shape index (κ3) is 5.86. The first-order valence-electron chi connectivity index (χ1n) is 9.55. The maximum atomic E-state index is 12.4. The van der Waals surface area contributed by atoms with Crippen LogP contribution in [-0.4, -0.2) is 38.2 Å². The molecule has 9 heteroatoms. The number of thioether (sulfide) groups is 1. The Balaban J connectivity index is 1.73. The normalized spacial score (nSPS) is 16.7. The summed E-state index contributed by atoms with van der Waals surface area (Å²) < 4.78 is 15.3. The number of anilines is 1. The van der Waals surface area contributed by atoms with Gasteiger partial charge in [0.25, 0.3) is 5.91 Å². The smallest absolute Gasteiger partial charge is 0.343 e. The Morgan fingerprint density at radius 1 is 1.26 bits per heavy atom. The number of aryl methyl sites for hydroxylation is 1. The van der Waals surface area contributed by atoms with Crippen LogP contribution in [0.15, 0.2) is 41.3 Å². The van der Waals surface area contributed by atoms with Crippen molar-refractivity contribution in [3.8, 4) is 11.5 Å². The van der Waals surface area contributed by atoms with Crippen LogP contribution in [0.4, 0.5) is 5.69 Å². The Labute approximate surface area is 190 Å². The number of halogens is 1. The van der Waals surface area contributed by atoms with Crippen LogP contribution in [0.3, 0.4) is 0 Å². The highest BCUT2D eigenvalue weighted by Crippen LogP contribution is 2.38. The molecule has 1 amide bonds.